The number of fused-ring (bicyclic) bond motifs is 1. The van der Waals surface area contributed by atoms with Gasteiger partial charge in [0.25, 0.3) is 5.91 Å². The van der Waals surface area contributed by atoms with Gasteiger partial charge in [0.15, 0.2) is 0 Å². The number of amides is 2. The molecule has 0 bridgehead atoms. The van der Waals surface area contributed by atoms with E-state index in [1.54, 1.807) is 24.4 Å². The second-order valence-electron chi connectivity index (χ2n) is 6.75. The molecule has 1 saturated heterocycles. The standard InChI is InChI=1S/C19H23N3O4/c1-10(2)25-16-9-13-12(8-14(16)18(20)24)6-7-21-19(13)26-11(3)15-4-5-17(23)22-15/h6-11,15H,4-5H2,1-3H3,(H2,20,24)(H,22,23)/t11-,15-/m1/s1. The fourth-order valence-electron chi connectivity index (χ4n) is 3.06. The summed E-state index contributed by atoms with van der Waals surface area (Å²) >= 11 is 0. The van der Waals surface area contributed by atoms with Gasteiger partial charge in [-0.15, -0.1) is 0 Å². The second-order valence-corrected chi connectivity index (χ2v) is 6.75. The largest absolute Gasteiger partial charge is 0.490 e. The van der Waals surface area contributed by atoms with Gasteiger partial charge in [-0.1, -0.05) is 0 Å². The van der Waals surface area contributed by atoms with Gasteiger partial charge in [0, 0.05) is 18.0 Å². The lowest BCUT2D eigenvalue weighted by Crippen LogP contribution is -2.38. The van der Waals surface area contributed by atoms with Crippen molar-refractivity contribution in [2.24, 2.45) is 5.73 Å². The smallest absolute Gasteiger partial charge is 0.252 e. The molecule has 138 valence electrons. The first-order valence-corrected chi connectivity index (χ1v) is 8.70. The molecule has 1 aliphatic rings. The van der Waals surface area contributed by atoms with Crippen molar-refractivity contribution >= 4 is 22.6 Å². The molecule has 0 saturated carbocycles. The second kappa shape index (κ2) is 7.19. The molecule has 3 N–H and O–H groups in total. The summed E-state index contributed by atoms with van der Waals surface area (Å²) in [5, 5.41) is 4.41. The minimum Gasteiger partial charge on any atom is -0.490 e. The summed E-state index contributed by atoms with van der Waals surface area (Å²) in [6.07, 6.45) is 2.52. The van der Waals surface area contributed by atoms with Crippen LogP contribution in [0.5, 0.6) is 11.6 Å². The van der Waals surface area contributed by atoms with Crippen molar-refractivity contribution in [3.63, 3.8) is 0 Å². The molecule has 1 aliphatic heterocycles. The fraction of sp³-hybridized carbons (Fsp3) is 0.421. The highest BCUT2D eigenvalue weighted by atomic mass is 16.5. The van der Waals surface area contributed by atoms with Crippen LogP contribution in [0.25, 0.3) is 10.8 Å². The molecule has 0 unspecified atom stereocenters. The zero-order valence-electron chi connectivity index (χ0n) is 15.1. The number of ether oxygens (including phenoxy) is 2. The Balaban J connectivity index is 1.97. The molecule has 0 radical (unpaired) electrons. The van der Waals surface area contributed by atoms with Gasteiger partial charge >= 0.3 is 0 Å². The number of nitrogens with two attached hydrogens (primary N) is 1. The van der Waals surface area contributed by atoms with Crippen LogP contribution in [0, 0.1) is 0 Å². The van der Waals surface area contributed by atoms with Crippen molar-refractivity contribution < 1.29 is 19.1 Å². The van der Waals surface area contributed by atoms with Crippen LogP contribution >= 0.6 is 0 Å². The number of aromatic nitrogens is 1. The molecule has 1 fully saturated rings. The Labute approximate surface area is 151 Å². The van der Waals surface area contributed by atoms with Crippen LogP contribution in [-0.4, -0.2) is 35.0 Å². The molecular formula is C19H23N3O4. The molecule has 3 rings (SSSR count). The zero-order valence-corrected chi connectivity index (χ0v) is 15.1. The van der Waals surface area contributed by atoms with Crippen LogP contribution in [0.3, 0.4) is 0 Å². The number of carbonyl (C=O) groups excluding carboxylic acids is 2. The molecule has 2 aromatic rings. The molecule has 2 amide bonds. The normalized spacial score (nSPS) is 18.0. The number of carbonyl (C=O) groups is 2. The minimum absolute atomic E-state index is 0.0371. The Morgan fingerprint density at radius 2 is 2.08 bits per heavy atom. The van der Waals surface area contributed by atoms with Crippen LogP contribution in [0.4, 0.5) is 0 Å². The van der Waals surface area contributed by atoms with Crippen LogP contribution in [-0.2, 0) is 4.79 Å². The topological polar surface area (TPSA) is 104 Å². The van der Waals surface area contributed by atoms with Crippen molar-refractivity contribution in [1.29, 1.82) is 0 Å². The molecular weight excluding hydrogens is 334 g/mol. The Morgan fingerprint density at radius 3 is 2.69 bits per heavy atom. The van der Waals surface area contributed by atoms with E-state index >= 15 is 0 Å². The van der Waals surface area contributed by atoms with Gasteiger partial charge in [-0.05, 0) is 50.8 Å². The lowest BCUT2D eigenvalue weighted by molar-refractivity contribution is -0.119. The van der Waals surface area contributed by atoms with Gasteiger partial charge in [-0.3, -0.25) is 9.59 Å². The summed E-state index contributed by atoms with van der Waals surface area (Å²) in [5.41, 5.74) is 5.81. The van der Waals surface area contributed by atoms with Gasteiger partial charge in [0.05, 0.1) is 17.7 Å². The summed E-state index contributed by atoms with van der Waals surface area (Å²) in [5.74, 6) is 0.319. The minimum atomic E-state index is -0.552. The highest BCUT2D eigenvalue weighted by Crippen LogP contribution is 2.32. The summed E-state index contributed by atoms with van der Waals surface area (Å²) in [6, 6.07) is 5.16. The van der Waals surface area contributed by atoms with E-state index in [-0.39, 0.29) is 24.2 Å². The number of pyridine rings is 1. The van der Waals surface area contributed by atoms with E-state index < -0.39 is 5.91 Å². The molecule has 1 aromatic carbocycles. The Morgan fingerprint density at radius 1 is 1.31 bits per heavy atom. The van der Waals surface area contributed by atoms with E-state index in [2.05, 4.69) is 10.3 Å². The first-order chi connectivity index (χ1) is 12.3. The SMILES string of the molecule is CC(C)Oc1cc2c(O[C@H](C)[C@H]3CCC(=O)N3)nccc2cc1C(N)=O. The van der Waals surface area contributed by atoms with E-state index in [4.69, 9.17) is 15.2 Å². The first kappa shape index (κ1) is 18.0. The van der Waals surface area contributed by atoms with E-state index in [9.17, 15) is 9.59 Å². The van der Waals surface area contributed by atoms with E-state index in [1.165, 1.54) is 0 Å². The quantitative estimate of drug-likeness (QED) is 0.824. The van der Waals surface area contributed by atoms with Gasteiger partial charge in [-0.25, -0.2) is 4.98 Å². The Kier molecular flexibility index (Phi) is 4.97. The maximum absolute atomic E-state index is 11.8. The van der Waals surface area contributed by atoms with Crippen LogP contribution in [0.15, 0.2) is 24.4 Å². The molecule has 26 heavy (non-hydrogen) atoms. The lowest BCUT2D eigenvalue weighted by atomic mass is 10.1. The summed E-state index contributed by atoms with van der Waals surface area (Å²) in [6.45, 7) is 5.65. The first-order valence-electron chi connectivity index (χ1n) is 8.70. The van der Waals surface area contributed by atoms with E-state index in [0.29, 0.717) is 23.6 Å². The number of hydrogen-bond acceptors (Lipinski definition) is 5. The van der Waals surface area contributed by atoms with Crippen LogP contribution < -0.4 is 20.5 Å². The number of nitrogens with one attached hydrogen (secondary N) is 1. The maximum atomic E-state index is 11.8. The maximum Gasteiger partial charge on any atom is 0.252 e. The van der Waals surface area contributed by atoms with E-state index in [1.807, 2.05) is 20.8 Å². The van der Waals surface area contributed by atoms with Crippen molar-refractivity contribution in [2.75, 3.05) is 0 Å². The van der Waals surface area contributed by atoms with Gasteiger partial charge in [0.1, 0.15) is 11.9 Å². The Bertz CT molecular complexity index is 850. The number of primary amides is 1. The molecule has 1 aromatic heterocycles. The number of nitrogens with zero attached hydrogens (tertiary/aromatic N) is 1. The van der Waals surface area contributed by atoms with Gasteiger partial charge in [-0.2, -0.15) is 0 Å². The monoisotopic (exact) mass is 357 g/mol. The average Bonchev–Trinajstić information content (AvgIpc) is 3.00. The predicted octanol–water partition coefficient (Wildman–Crippen LogP) is 2.17. The van der Waals surface area contributed by atoms with Crippen molar-refractivity contribution in [1.82, 2.24) is 10.3 Å². The molecule has 0 spiro atoms. The number of rotatable bonds is 6. The van der Waals surface area contributed by atoms with Crippen LogP contribution in [0.2, 0.25) is 0 Å². The summed E-state index contributed by atoms with van der Waals surface area (Å²) in [7, 11) is 0. The highest BCUT2D eigenvalue weighted by Gasteiger charge is 2.28. The van der Waals surface area contributed by atoms with Crippen LogP contribution in [0.1, 0.15) is 44.0 Å². The molecule has 2 heterocycles. The molecule has 2 atom stereocenters. The predicted molar refractivity (Wildman–Crippen MR) is 97.3 cm³/mol. The van der Waals surface area contributed by atoms with Gasteiger partial charge in [0.2, 0.25) is 11.8 Å². The third-order valence-corrected chi connectivity index (χ3v) is 4.35. The fourth-order valence-corrected chi connectivity index (χ4v) is 3.06. The molecule has 7 heteroatoms. The lowest BCUT2D eigenvalue weighted by Gasteiger charge is -2.21. The number of hydrogen-bond donors (Lipinski definition) is 2. The molecule has 0 aliphatic carbocycles. The average molecular weight is 357 g/mol. The van der Waals surface area contributed by atoms with Crippen molar-refractivity contribution in [2.45, 2.75) is 51.9 Å². The van der Waals surface area contributed by atoms with E-state index in [0.717, 1.165) is 17.2 Å². The number of benzene rings is 1. The third kappa shape index (κ3) is 3.71. The highest BCUT2D eigenvalue weighted by molar-refractivity contribution is 6.01. The van der Waals surface area contributed by atoms with Gasteiger partial charge < -0.3 is 20.5 Å². The summed E-state index contributed by atoms with van der Waals surface area (Å²) < 4.78 is 11.8. The molecule has 7 nitrogen and oxygen atoms in total. The third-order valence-electron chi connectivity index (χ3n) is 4.35. The Hall–Kier alpha value is -2.83. The van der Waals surface area contributed by atoms with Crippen molar-refractivity contribution in [3.05, 3.63) is 30.0 Å². The van der Waals surface area contributed by atoms with Crippen molar-refractivity contribution in [3.8, 4) is 11.6 Å². The summed E-state index contributed by atoms with van der Waals surface area (Å²) in [4.78, 5) is 27.5. The zero-order chi connectivity index (χ0) is 18.8.